The number of amides is 1. The predicted molar refractivity (Wildman–Crippen MR) is 81.9 cm³/mol. The fourth-order valence-electron chi connectivity index (χ4n) is 2.04. The van der Waals surface area contributed by atoms with Gasteiger partial charge in [-0.25, -0.2) is 0 Å². The van der Waals surface area contributed by atoms with Gasteiger partial charge < -0.3 is 10.6 Å². The molecule has 0 saturated heterocycles. The summed E-state index contributed by atoms with van der Waals surface area (Å²) in [5, 5.41) is 6.19. The standard InChI is InChI=1S/C15H22N2O.ClH/c1-2-5-13-6-3-4-7-14(13)17-15(18)11-16-10-12-8-9-12;/h3-4,6-7,12,16H,2,5,8-11H2,1H3,(H,17,18);1H. The summed E-state index contributed by atoms with van der Waals surface area (Å²) < 4.78 is 0. The highest BCUT2D eigenvalue weighted by Gasteiger charge is 2.20. The Labute approximate surface area is 121 Å². The van der Waals surface area contributed by atoms with Gasteiger partial charge in [-0.05, 0) is 43.4 Å². The van der Waals surface area contributed by atoms with E-state index < -0.39 is 0 Å². The highest BCUT2D eigenvalue weighted by atomic mass is 35.5. The van der Waals surface area contributed by atoms with E-state index in [-0.39, 0.29) is 18.3 Å². The minimum Gasteiger partial charge on any atom is -0.325 e. The van der Waals surface area contributed by atoms with E-state index in [1.807, 2.05) is 18.2 Å². The second kappa shape index (κ2) is 8.18. The van der Waals surface area contributed by atoms with E-state index >= 15 is 0 Å². The average molecular weight is 283 g/mol. The van der Waals surface area contributed by atoms with Crippen LogP contribution in [0.3, 0.4) is 0 Å². The summed E-state index contributed by atoms with van der Waals surface area (Å²) >= 11 is 0. The van der Waals surface area contributed by atoms with Gasteiger partial charge >= 0.3 is 0 Å². The molecule has 0 aromatic heterocycles. The lowest BCUT2D eigenvalue weighted by molar-refractivity contribution is -0.115. The monoisotopic (exact) mass is 282 g/mol. The van der Waals surface area contributed by atoms with Gasteiger partial charge in [0.25, 0.3) is 0 Å². The lowest BCUT2D eigenvalue weighted by atomic mass is 10.1. The van der Waals surface area contributed by atoms with Crippen molar-refractivity contribution in [2.75, 3.05) is 18.4 Å². The predicted octanol–water partition coefficient (Wildman–Crippen LogP) is 3.00. The Hall–Kier alpha value is -1.06. The molecule has 0 bridgehead atoms. The largest absolute Gasteiger partial charge is 0.325 e. The van der Waals surface area contributed by atoms with Gasteiger partial charge in [-0.1, -0.05) is 31.5 Å². The SMILES string of the molecule is CCCc1ccccc1NC(=O)CNCC1CC1.Cl. The number of para-hydroxylation sites is 1. The second-order valence-corrected chi connectivity index (χ2v) is 5.03. The van der Waals surface area contributed by atoms with Crippen LogP contribution in [0.25, 0.3) is 0 Å². The number of rotatable bonds is 7. The van der Waals surface area contributed by atoms with Crippen molar-refractivity contribution >= 4 is 24.0 Å². The molecule has 19 heavy (non-hydrogen) atoms. The van der Waals surface area contributed by atoms with E-state index in [0.29, 0.717) is 6.54 Å². The molecule has 1 aliphatic carbocycles. The molecule has 0 radical (unpaired) electrons. The summed E-state index contributed by atoms with van der Waals surface area (Å²) in [4.78, 5) is 11.8. The van der Waals surface area contributed by atoms with Gasteiger partial charge in [-0.15, -0.1) is 12.4 Å². The van der Waals surface area contributed by atoms with E-state index in [4.69, 9.17) is 0 Å². The van der Waals surface area contributed by atoms with Gasteiger partial charge in [-0.3, -0.25) is 4.79 Å². The number of benzene rings is 1. The number of carbonyl (C=O) groups is 1. The molecule has 1 aromatic rings. The van der Waals surface area contributed by atoms with Crippen LogP contribution < -0.4 is 10.6 Å². The summed E-state index contributed by atoms with van der Waals surface area (Å²) in [6, 6.07) is 8.04. The normalized spacial score (nSPS) is 13.7. The Balaban J connectivity index is 0.00000180. The zero-order valence-corrected chi connectivity index (χ0v) is 12.3. The lowest BCUT2D eigenvalue weighted by Gasteiger charge is -2.10. The maximum atomic E-state index is 11.8. The minimum absolute atomic E-state index is 0. The first-order valence-electron chi connectivity index (χ1n) is 6.88. The molecule has 106 valence electrons. The number of hydrogen-bond acceptors (Lipinski definition) is 2. The Morgan fingerprint density at radius 2 is 2.05 bits per heavy atom. The first-order valence-corrected chi connectivity index (χ1v) is 6.88. The smallest absolute Gasteiger partial charge is 0.238 e. The molecule has 0 atom stereocenters. The van der Waals surface area contributed by atoms with Crippen LogP contribution in [0, 0.1) is 5.92 Å². The molecule has 2 N–H and O–H groups in total. The van der Waals surface area contributed by atoms with Crippen LogP contribution in [0.15, 0.2) is 24.3 Å². The van der Waals surface area contributed by atoms with E-state index in [0.717, 1.165) is 31.0 Å². The molecule has 0 heterocycles. The van der Waals surface area contributed by atoms with Crippen LogP contribution in [0.4, 0.5) is 5.69 Å². The fraction of sp³-hybridized carbons (Fsp3) is 0.533. The molecule has 1 fully saturated rings. The van der Waals surface area contributed by atoms with E-state index in [9.17, 15) is 4.79 Å². The van der Waals surface area contributed by atoms with Crippen molar-refractivity contribution < 1.29 is 4.79 Å². The maximum absolute atomic E-state index is 11.8. The Bertz CT molecular complexity index is 405. The Morgan fingerprint density at radius 3 is 2.74 bits per heavy atom. The molecule has 0 aliphatic heterocycles. The van der Waals surface area contributed by atoms with Gasteiger partial charge in [0.05, 0.1) is 6.54 Å². The molecule has 0 spiro atoms. The van der Waals surface area contributed by atoms with Gasteiger partial charge in [0, 0.05) is 5.69 Å². The van der Waals surface area contributed by atoms with Crippen LogP contribution in [-0.2, 0) is 11.2 Å². The minimum atomic E-state index is 0. The van der Waals surface area contributed by atoms with Crippen LogP contribution in [0.1, 0.15) is 31.7 Å². The van der Waals surface area contributed by atoms with Gasteiger partial charge in [0.15, 0.2) is 0 Å². The van der Waals surface area contributed by atoms with E-state index in [1.165, 1.54) is 18.4 Å². The Kier molecular flexibility index (Phi) is 6.89. The number of hydrogen-bond donors (Lipinski definition) is 2. The molecule has 2 rings (SSSR count). The topological polar surface area (TPSA) is 41.1 Å². The molecule has 1 aromatic carbocycles. The van der Waals surface area contributed by atoms with Crippen molar-refractivity contribution in [3.63, 3.8) is 0 Å². The number of aryl methyl sites for hydroxylation is 1. The number of carbonyl (C=O) groups excluding carboxylic acids is 1. The van der Waals surface area contributed by atoms with Crippen molar-refractivity contribution in [2.45, 2.75) is 32.6 Å². The van der Waals surface area contributed by atoms with Crippen LogP contribution in [0.5, 0.6) is 0 Å². The van der Waals surface area contributed by atoms with Crippen LogP contribution in [0.2, 0.25) is 0 Å². The quantitative estimate of drug-likeness (QED) is 0.807. The summed E-state index contributed by atoms with van der Waals surface area (Å²) in [6.07, 6.45) is 4.72. The van der Waals surface area contributed by atoms with E-state index in [1.54, 1.807) is 0 Å². The molecular weight excluding hydrogens is 260 g/mol. The second-order valence-electron chi connectivity index (χ2n) is 5.03. The fourth-order valence-corrected chi connectivity index (χ4v) is 2.04. The zero-order chi connectivity index (χ0) is 12.8. The third kappa shape index (κ3) is 5.62. The molecule has 1 saturated carbocycles. The number of nitrogens with one attached hydrogen (secondary N) is 2. The van der Waals surface area contributed by atoms with Crippen molar-refractivity contribution in [3.05, 3.63) is 29.8 Å². The third-order valence-corrected chi connectivity index (χ3v) is 3.23. The average Bonchev–Trinajstić information content (AvgIpc) is 3.16. The maximum Gasteiger partial charge on any atom is 0.238 e. The number of halogens is 1. The molecule has 3 nitrogen and oxygen atoms in total. The summed E-state index contributed by atoms with van der Waals surface area (Å²) in [5.41, 5.74) is 2.17. The molecule has 1 aliphatic rings. The molecule has 1 amide bonds. The van der Waals surface area contributed by atoms with Crippen molar-refractivity contribution in [1.29, 1.82) is 0 Å². The van der Waals surface area contributed by atoms with Crippen molar-refractivity contribution in [2.24, 2.45) is 5.92 Å². The highest BCUT2D eigenvalue weighted by Crippen LogP contribution is 2.27. The number of anilines is 1. The first-order chi connectivity index (χ1) is 8.79. The van der Waals surface area contributed by atoms with Crippen LogP contribution >= 0.6 is 12.4 Å². The van der Waals surface area contributed by atoms with Gasteiger partial charge in [-0.2, -0.15) is 0 Å². The molecule has 0 unspecified atom stereocenters. The lowest BCUT2D eigenvalue weighted by Crippen LogP contribution is -2.29. The van der Waals surface area contributed by atoms with Crippen molar-refractivity contribution in [1.82, 2.24) is 5.32 Å². The van der Waals surface area contributed by atoms with Gasteiger partial charge in [0.1, 0.15) is 0 Å². The Morgan fingerprint density at radius 1 is 1.32 bits per heavy atom. The van der Waals surface area contributed by atoms with Crippen LogP contribution in [-0.4, -0.2) is 19.0 Å². The molecule has 4 heteroatoms. The first kappa shape index (κ1) is 16.0. The summed E-state index contributed by atoms with van der Waals surface area (Å²) in [5.74, 6) is 0.865. The van der Waals surface area contributed by atoms with Gasteiger partial charge in [0.2, 0.25) is 5.91 Å². The third-order valence-electron chi connectivity index (χ3n) is 3.23. The van der Waals surface area contributed by atoms with Crippen molar-refractivity contribution in [3.8, 4) is 0 Å². The highest BCUT2D eigenvalue weighted by molar-refractivity contribution is 5.92. The summed E-state index contributed by atoms with van der Waals surface area (Å²) in [6.45, 7) is 3.54. The van der Waals surface area contributed by atoms with E-state index in [2.05, 4.69) is 23.6 Å². The summed E-state index contributed by atoms with van der Waals surface area (Å²) in [7, 11) is 0. The molecular formula is C15H23ClN2O. The zero-order valence-electron chi connectivity index (χ0n) is 11.4.